The van der Waals surface area contributed by atoms with Crippen LogP contribution in [-0.4, -0.2) is 25.7 Å². The van der Waals surface area contributed by atoms with Crippen molar-refractivity contribution in [1.82, 2.24) is 19.8 Å². The summed E-state index contributed by atoms with van der Waals surface area (Å²) in [7, 11) is 0. The van der Waals surface area contributed by atoms with Gasteiger partial charge in [0.25, 0.3) is 0 Å². The third-order valence-corrected chi connectivity index (χ3v) is 4.71. The van der Waals surface area contributed by atoms with Gasteiger partial charge in [-0.3, -0.25) is 4.79 Å². The Morgan fingerprint density at radius 2 is 2.00 bits per heavy atom. The van der Waals surface area contributed by atoms with Gasteiger partial charge in [-0.2, -0.15) is 5.10 Å². The van der Waals surface area contributed by atoms with Crippen molar-refractivity contribution in [2.75, 3.05) is 5.32 Å². The van der Waals surface area contributed by atoms with Crippen molar-refractivity contribution in [3.63, 3.8) is 0 Å². The molecule has 7 heteroatoms. The van der Waals surface area contributed by atoms with E-state index in [9.17, 15) is 4.79 Å². The zero-order valence-corrected chi connectivity index (χ0v) is 14.5. The van der Waals surface area contributed by atoms with Gasteiger partial charge in [-0.15, -0.1) is 0 Å². The number of hydrogen-bond donors (Lipinski definition) is 1. The highest BCUT2D eigenvalue weighted by molar-refractivity contribution is 5.91. The summed E-state index contributed by atoms with van der Waals surface area (Å²) in [6.45, 7) is 0. The van der Waals surface area contributed by atoms with E-state index in [1.54, 1.807) is 4.52 Å². The third kappa shape index (κ3) is 3.31. The molecule has 7 nitrogen and oxygen atoms in total. The van der Waals surface area contributed by atoms with E-state index in [1.165, 1.54) is 6.33 Å². The number of pyridine rings is 1. The predicted molar refractivity (Wildman–Crippen MR) is 99.2 cm³/mol. The van der Waals surface area contributed by atoms with Crippen LogP contribution >= 0.6 is 0 Å². The van der Waals surface area contributed by atoms with Gasteiger partial charge in [-0.1, -0.05) is 29.4 Å². The lowest BCUT2D eigenvalue weighted by atomic mass is 10.0. The van der Waals surface area contributed by atoms with Crippen LogP contribution in [0.3, 0.4) is 0 Å². The van der Waals surface area contributed by atoms with Gasteiger partial charge >= 0.3 is 0 Å². The Morgan fingerprint density at radius 3 is 2.81 bits per heavy atom. The lowest BCUT2D eigenvalue weighted by Crippen LogP contribution is -2.14. The van der Waals surface area contributed by atoms with Crippen LogP contribution in [0.25, 0.3) is 16.8 Å². The molecule has 1 aliphatic rings. The molecule has 0 atom stereocenters. The monoisotopic (exact) mass is 359 g/mol. The van der Waals surface area contributed by atoms with Crippen LogP contribution in [0, 0.1) is 0 Å². The van der Waals surface area contributed by atoms with Gasteiger partial charge in [0, 0.05) is 18.2 Å². The smallest absolute Gasteiger partial charge is 0.230 e. The van der Waals surface area contributed by atoms with E-state index in [-0.39, 0.29) is 12.3 Å². The molecule has 0 bridgehead atoms. The second-order valence-electron chi connectivity index (χ2n) is 6.79. The van der Waals surface area contributed by atoms with Crippen LogP contribution in [0.4, 0.5) is 5.82 Å². The average molecular weight is 359 g/mol. The largest absolute Gasteiger partial charge is 0.359 e. The highest BCUT2D eigenvalue weighted by atomic mass is 16.5. The second kappa shape index (κ2) is 6.35. The highest BCUT2D eigenvalue weighted by Gasteiger charge is 2.28. The maximum atomic E-state index is 12.2. The molecule has 134 valence electrons. The summed E-state index contributed by atoms with van der Waals surface area (Å²) in [6, 6.07) is 13.7. The van der Waals surface area contributed by atoms with Crippen molar-refractivity contribution in [3.05, 3.63) is 66.3 Å². The number of rotatable bonds is 5. The number of nitrogens with zero attached hydrogens (tertiary/aromatic N) is 4. The van der Waals surface area contributed by atoms with E-state index in [2.05, 4.69) is 20.6 Å². The highest BCUT2D eigenvalue weighted by Crippen LogP contribution is 2.40. The van der Waals surface area contributed by atoms with Gasteiger partial charge in [0.15, 0.2) is 11.5 Å². The van der Waals surface area contributed by atoms with Crippen LogP contribution < -0.4 is 5.32 Å². The first kappa shape index (κ1) is 15.7. The summed E-state index contributed by atoms with van der Waals surface area (Å²) >= 11 is 0. The first-order valence-corrected chi connectivity index (χ1v) is 8.90. The Balaban J connectivity index is 1.25. The zero-order valence-electron chi connectivity index (χ0n) is 14.5. The maximum Gasteiger partial charge on any atom is 0.230 e. The van der Waals surface area contributed by atoms with E-state index in [0.717, 1.165) is 40.9 Å². The number of anilines is 1. The van der Waals surface area contributed by atoms with E-state index < -0.39 is 0 Å². The van der Waals surface area contributed by atoms with Crippen molar-refractivity contribution >= 4 is 17.4 Å². The zero-order chi connectivity index (χ0) is 18.2. The number of carbonyl (C=O) groups is 1. The minimum absolute atomic E-state index is 0.108. The van der Waals surface area contributed by atoms with Crippen LogP contribution in [0.2, 0.25) is 0 Å². The van der Waals surface area contributed by atoms with Gasteiger partial charge in [-0.25, -0.2) is 9.50 Å². The van der Waals surface area contributed by atoms with Gasteiger partial charge in [0.2, 0.25) is 5.91 Å². The molecule has 0 spiro atoms. The Kier molecular flexibility index (Phi) is 3.71. The van der Waals surface area contributed by atoms with Gasteiger partial charge in [0.05, 0.1) is 6.42 Å². The molecule has 0 unspecified atom stereocenters. The molecule has 4 aromatic rings. The van der Waals surface area contributed by atoms with E-state index in [4.69, 9.17) is 4.52 Å². The summed E-state index contributed by atoms with van der Waals surface area (Å²) in [5.41, 5.74) is 3.86. The molecular weight excluding hydrogens is 342 g/mol. The number of fused-ring (bicyclic) bond motifs is 1. The lowest BCUT2D eigenvalue weighted by molar-refractivity contribution is -0.115. The molecular formula is C20H17N5O2. The third-order valence-electron chi connectivity index (χ3n) is 4.71. The van der Waals surface area contributed by atoms with Crippen LogP contribution in [0.1, 0.15) is 30.1 Å². The number of nitrogens with one attached hydrogen (secondary N) is 1. The predicted octanol–water partition coefficient (Wildman–Crippen LogP) is 3.44. The van der Waals surface area contributed by atoms with Gasteiger partial charge < -0.3 is 9.84 Å². The van der Waals surface area contributed by atoms with E-state index in [1.807, 2.05) is 48.7 Å². The molecule has 1 N–H and O–H groups in total. The van der Waals surface area contributed by atoms with Crippen molar-refractivity contribution < 1.29 is 9.32 Å². The molecule has 1 fully saturated rings. The normalized spacial score (nSPS) is 13.8. The molecule has 27 heavy (non-hydrogen) atoms. The topological polar surface area (TPSA) is 85.3 Å². The molecule has 0 aliphatic heterocycles. The number of carbonyl (C=O) groups excluding carboxylic acids is 1. The minimum atomic E-state index is -0.108. The molecule has 3 aromatic heterocycles. The first-order valence-electron chi connectivity index (χ1n) is 8.90. The molecule has 0 saturated heterocycles. The molecule has 3 heterocycles. The van der Waals surface area contributed by atoms with Gasteiger partial charge in [-0.05, 0) is 41.7 Å². The number of benzene rings is 1. The summed E-state index contributed by atoms with van der Waals surface area (Å²) in [5.74, 6) is 1.72. The molecule has 5 rings (SSSR count). The average Bonchev–Trinajstić information content (AvgIpc) is 3.24. The van der Waals surface area contributed by atoms with Crippen molar-refractivity contribution in [2.45, 2.75) is 25.2 Å². The van der Waals surface area contributed by atoms with E-state index in [0.29, 0.717) is 11.7 Å². The SMILES string of the molecule is O=C(Cc1ccc(-c2ccn3ncnc3c2)cc1)Nc1cc(C2CC2)on1. The van der Waals surface area contributed by atoms with Crippen molar-refractivity contribution in [1.29, 1.82) is 0 Å². The Hall–Kier alpha value is -3.48. The quantitative estimate of drug-likeness (QED) is 0.590. The van der Waals surface area contributed by atoms with Crippen LogP contribution in [-0.2, 0) is 11.2 Å². The molecule has 1 aliphatic carbocycles. The standard InChI is InChI=1S/C20H17N5O2/c26-20(23-18-11-17(27-24-18)15-5-6-15)9-13-1-3-14(4-2-13)16-7-8-25-19(10-16)21-12-22-25/h1-4,7-8,10-12,15H,5-6,9H2,(H,23,24,26). The Morgan fingerprint density at radius 1 is 1.15 bits per heavy atom. The molecule has 0 radical (unpaired) electrons. The number of aromatic nitrogens is 4. The fraction of sp³-hybridized carbons (Fsp3) is 0.200. The fourth-order valence-corrected chi connectivity index (χ4v) is 3.09. The second-order valence-corrected chi connectivity index (χ2v) is 6.79. The summed E-state index contributed by atoms with van der Waals surface area (Å²) < 4.78 is 6.98. The van der Waals surface area contributed by atoms with Crippen LogP contribution in [0.15, 0.2) is 59.5 Å². The summed E-state index contributed by atoms with van der Waals surface area (Å²) in [4.78, 5) is 16.4. The Labute approximate surface area is 155 Å². The molecule has 1 aromatic carbocycles. The summed E-state index contributed by atoms with van der Waals surface area (Å²) in [6.07, 6.45) is 5.98. The Bertz CT molecular complexity index is 1110. The molecule has 1 saturated carbocycles. The number of amides is 1. The van der Waals surface area contributed by atoms with E-state index >= 15 is 0 Å². The lowest BCUT2D eigenvalue weighted by Gasteiger charge is -2.05. The summed E-state index contributed by atoms with van der Waals surface area (Å²) in [5, 5.41) is 10.8. The van der Waals surface area contributed by atoms with Crippen molar-refractivity contribution in [2.24, 2.45) is 0 Å². The molecule has 1 amide bonds. The fourth-order valence-electron chi connectivity index (χ4n) is 3.09. The minimum Gasteiger partial charge on any atom is -0.359 e. The first-order chi connectivity index (χ1) is 13.2. The van der Waals surface area contributed by atoms with Crippen LogP contribution in [0.5, 0.6) is 0 Å². The van der Waals surface area contributed by atoms with Crippen molar-refractivity contribution in [3.8, 4) is 11.1 Å². The maximum absolute atomic E-state index is 12.2. The number of hydrogen-bond acceptors (Lipinski definition) is 5. The van der Waals surface area contributed by atoms with Gasteiger partial charge in [0.1, 0.15) is 12.1 Å².